The summed E-state index contributed by atoms with van der Waals surface area (Å²) < 4.78 is 0. The molecule has 0 aromatic heterocycles. The average Bonchev–Trinajstić information content (AvgIpc) is 2.22. The average molecular weight is 253 g/mol. The third-order valence-electron chi connectivity index (χ3n) is 4.95. The first-order valence-electron chi connectivity index (χ1n) is 7.82. The van der Waals surface area contributed by atoms with Gasteiger partial charge in [0.05, 0.1) is 0 Å². The van der Waals surface area contributed by atoms with Crippen LogP contribution in [-0.2, 0) is 0 Å². The van der Waals surface area contributed by atoms with Crippen molar-refractivity contribution in [1.82, 2.24) is 0 Å². The molecule has 1 radical (unpaired) electrons. The first-order valence-corrected chi connectivity index (χ1v) is 7.82. The smallest absolute Gasteiger partial charge is 0.0331 e. The molecule has 18 heavy (non-hydrogen) atoms. The topological polar surface area (TPSA) is 0 Å². The second kappa shape index (κ2) is 6.96. The molecule has 0 aliphatic heterocycles. The summed E-state index contributed by atoms with van der Waals surface area (Å²) in [7, 11) is 0. The molecule has 0 bridgehead atoms. The lowest BCUT2D eigenvalue weighted by Gasteiger charge is -2.33. The normalized spacial score (nSPS) is 18.5. The van der Waals surface area contributed by atoms with Crippen LogP contribution in [0.25, 0.3) is 0 Å². The van der Waals surface area contributed by atoms with E-state index < -0.39 is 0 Å². The Kier molecular flexibility index (Phi) is 6.96. The standard InChI is InChI=1S/C18H37/c1-10-18(8,9)16(4)12-11-14(2)15(3)13-17(5,6)7/h14-16H,2,10-13H2,1,3-9H3. The third-order valence-corrected chi connectivity index (χ3v) is 4.95. The van der Waals surface area contributed by atoms with Crippen LogP contribution in [0, 0.1) is 35.5 Å². The van der Waals surface area contributed by atoms with Crippen molar-refractivity contribution in [3.8, 4) is 0 Å². The van der Waals surface area contributed by atoms with Gasteiger partial charge in [-0.2, -0.15) is 0 Å². The third kappa shape index (κ3) is 6.81. The number of hydrogen-bond donors (Lipinski definition) is 0. The lowest BCUT2D eigenvalue weighted by atomic mass is 9.73. The Hall–Kier alpha value is 0. The van der Waals surface area contributed by atoms with Gasteiger partial charge in [-0.05, 0) is 54.8 Å². The molecule has 0 amide bonds. The molecule has 0 saturated heterocycles. The van der Waals surface area contributed by atoms with Crippen molar-refractivity contribution in [3.05, 3.63) is 6.92 Å². The van der Waals surface area contributed by atoms with Crippen LogP contribution in [0.15, 0.2) is 0 Å². The minimum absolute atomic E-state index is 0.434. The van der Waals surface area contributed by atoms with Crippen LogP contribution in [0.2, 0.25) is 0 Å². The molecular weight excluding hydrogens is 216 g/mol. The van der Waals surface area contributed by atoms with Crippen LogP contribution in [0.1, 0.15) is 81.1 Å². The summed E-state index contributed by atoms with van der Waals surface area (Å²) in [5.74, 6) is 2.15. The van der Waals surface area contributed by atoms with E-state index in [0.717, 1.165) is 11.8 Å². The first kappa shape index (κ1) is 18.0. The molecule has 0 aromatic rings. The molecule has 109 valence electrons. The molecule has 0 N–H and O–H groups in total. The van der Waals surface area contributed by atoms with Gasteiger partial charge in [-0.15, -0.1) is 0 Å². The summed E-state index contributed by atoms with van der Waals surface area (Å²) in [6, 6.07) is 0. The highest BCUT2D eigenvalue weighted by molar-refractivity contribution is 4.78. The minimum atomic E-state index is 0.434. The fourth-order valence-corrected chi connectivity index (χ4v) is 2.62. The van der Waals surface area contributed by atoms with Gasteiger partial charge in [0.15, 0.2) is 0 Å². The molecule has 0 heterocycles. The van der Waals surface area contributed by atoms with Gasteiger partial charge in [0.25, 0.3) is 0 Å². The minimum Gasteiger partial charge on any atom is -0.0649 e. The van der Waals surface area contributed by atoms with E-state index in [9.17, 15) is 0 Å². The van der Waals surface area contributed by atoms with Gasteiger partial charge in [-0.3, -0.25) is 0 Å². The maximum absolute atomic E-state index is 4.40. The molecule has 0 nitrogen and oxygen atoms in total. The lowest BCUT2D eigenvalue weighted by Crippen LogP contribution is -2.23. The van der Waals surface area contributed by atoms with Gasteiger partial charge >= 0.3 is 0 Å². The summed E-state index contributed by atoms with van der Waals surface area (Å²) in [5.41, 5.74) is 0.913. The predicted molar refractivity (Wildman–Crippen MR) is 84.6 cm³/mol. The largest absolute Gasteiger partial charge is 0.0649 e. The Balaban J connectivity index is 4.14. The zero-order chi connectivity index (χ0) is 14.6. The summed E-state index contributed by atoms with van der Waals surface area (Å²) in [4.78, 5) is 0. The zero-order valence-electron chi connectivity index (χ0n) is 14.3. The van der Waals surface area contributed by atoms with E-state index in [0.29, 0.717) is 16.7 Å². The molecule has 0 rings (SSSR count). The van der Waals surface area contributed by atoms with E-state index in [-0.39, 0.29) is 0 Å². The van der Waals surface area contributed by atoms with Gasteiger partial charge in [0.1, 0.15) is 0 Å². The summed E-state index contributed by atoms with van der Waals surface area (Å²) in [5, 5.41) is 0. The van der Waals surface area contributed by atoms with Gasteiger partial charge in [0, 0.05) is 0 Å². The molecule has 0 saturated carbocycles. The molecule has 0 fully saturated rings. The van der Waals surface area contributed by atoms with Crippen molar-refractivity contribution < 1.29 is 0 Å². The van der Waals surface area contributed by atoms with Crippen LogP contribution in [0.4, 0.5) is 0 Å². The van der Waals surface area contributed by atoms with E-state index in [2.05, 4.69) is 62.3 Å². The fraction of sp³-hybridized carbons (Fsp3) is 0.944. The molecule has 0 heteroatoms. The van der Waals surface area contributed by atoms with Crippen molar-refractivity contribution in [3.63, 3.8) is 0 Å². The highest BCUT2D eigenvalue weighted by Gasteiger charge is 2.25. The molecule has 0 spiro atoms. The Bertz CT molecular complexity index is 219. The van der Waals surface area contributed by atoms with Gasteiger partial charge in [-0.25, -0.2) is 0 Å². The zero-order valence-corrected chi connectivity index (χ0v) is 14.3. The molecule has 3 unspecified atom stereocenters. The molecule has 0 aromatic carbocycles. The number of hydrogen-bond acceptors (Lipinski definition) is 0. The van der Waals surface area contributed by atoms with Crippen LogP contribution < -0.4 is 0 Å². The second-order valence-electron chi connectivity index (χ2n) is 8.32. The molecule has 3 atom stereocenters. The molecular formula is C18H37. The monoisotopic (exact) mass is 253 g/mol. The van der Waals surface area contributed by atoms with Crippen molar-refractivity contribution in [2.75, 3.05) is 0 Å². The van der Waals surface area contributed by atoms with E-state index in [1.807, 2.05) is 0 Å². The molecule has 0 aliphatic rings. The van der Waals surface area contributed by atoms with Crippen molar-refractivity contribution in [1.29, 1.82) is 0 Å². The van der Waals surface area contributed by atoms with Crippen LogP contribution >= 0.6 is 0 Å². The quantitative estimate of drug-likeness (QED) is 0.495. The summed E-state index contributed by atoms with van der Waals surface area (Å²) >= 11 is 0. The number of rotatable bonds is 7. The maximum Gasteiger partial charge on any atom is -0.0331 e. The SMILES string of the molecule is [CH2]C(CCC(C)C(C)(C)CC)C(C)CC(C)(C)C. The van der Waals surface area contributed by atoms with E-state index in [1.165, 1.54) is 25.7 Å². The van der Waals surface area contributed by atoms with Crippen molar-refractivity contribution in [2.45, 2.75) is 81.1 Å². The van der Waals surface area contributed by atoms with E-state index in [4.69, 9.17) is 0 Å². The Morgan fingerprint density at radius 2 is 1.44 bits per heavy atom. The Labute approximate surface area is 117 Å². The maximum atomic E-state index is 4.40. The summed E-state index contributed by atoms with van der Waals surface area (Å²) in [6.07, 6.45) is 5.16. The van der Waals surface area contributed by atoms with Crippen LogP contribution in [-0.4, -0.2) is 0 Å². The summed E-state index contributed by atoms with van der Waals surface area (Å²) in [6.45, 7) is 23.3. The van der Waals surface area contributed by atoms with Crippen LogP contribution in [0.3, 0.4) is 0 Å². The van der Waals surface area contributed by atoms with Crippen LogP contribution in [0.5, 0.6) is 0 Å². The lowest BCUT2D eigenvalue weighted by molar-refractivity contribution is 0.185. The fourth-order valence-electron chi connectivity index (χ4n) is 2.62. The van der Waals surface area contributed by atoms with Gasteiger partial charge < -0.3 is 0 Å². The van der Waals surface area contributed by atoms with Crippen molar-refractivity contribution in [2.24, 2.45) is 28.6 Å². The van der Waals surface area contributed by atoms with E-state index in [1.54, 1.807) is 0 Å². The first-order chi connectivity index (χ1) is 7.99. The van der Waals surface area contributed by atoms with E-state index >= 15 is 0 Å². The highest BCUT2D eigenvalue weighted by atomic mass is 14.3. The highest BCUT2D eigenvalue weighted by Crippen LogP contribution is 2.36. The predicted octanol–water partition coefficient (Wildman–Crippen LogP) is 6.36. The van der Waals surface area contributed by atoms with Crippen molar-refractivity contribution >= 4 is 0 Å². The second-order valence-corrected chi connectivity index (χ2v) is 8.32. The molecule has 0 aliphatic carbocycles. The van der Waals surface area contributed by atoms with Gasteiger partial charge in [0.2, 0.25) is 0 Å². The van der Waals surface area contributed by atoms with Gasteiger partial charge in [-0.1, -0.05) is 61.8 Å². The Morgan fingerprint density at radius 1 is 0.944 bits per heavy atom. The Morgan fingerprint density at radius 3 is 1.83 bits per heavy atom.